The number of methoxy groups -OCH3 is 1. The Kier molecular flexibility index (Phi) is 6.32. The molecule has 1 aliphatic rings. The van der Waals surface area contributed by atoms with E-state index in [9.17, 15) is 4.79 Å². The normalized spacial score (nSPS) is 15.3. The van der Waals surface area contributed by atoms with Crippen molar-refractivity contribution in [2.45, 2.75) is 17.8 Å². The number of hydrogen-bond donors (Lipinski definition) is 0. The van der Waals surface area contributed by atoms with Crippen LogP contribution in [0.3, 0.4) is 0 Å². The van der Waals surface area contributed by atoms with Crippen LogP contribution in [0.5, 0.6) is 5.75 Å². The minimum Gasteiger partial charge on any atom is -0.495 e. The maximum Gasteiger partial charge on any atom is 0.271 e. The zero-order chi connectivity index (χ0) is 21.1. The lowest BCUT2D eigenvalue weighted by Crippen LogP contribution is -2.28. The Morgan fingerprint density at radius 2 is 1.97 bits per heavy atom. The molecule has 2 aromatic carbocycles. The standard InChI is InChI=1S/C23H19NO3S3/c1-15-8-10-19(26-2)18(12-15)24-22(25)20(30-23(24)28)13-17-9-11-21(27-17)29-14-16-6-4-3-5-7-16/h3-13H,14H2,1-2H3/b20-13-. The first kappa shape index (κ1) is 20.8. The van der Waals surface area contributed by atoms with Gasteiger partial charge in [-0.05, 0) is 42.3 Å². The molecule has 152 valence electrons. The number of furan rings is 1. The first-order valence-electron chi connectivity index (χ1n) is 9.24. The maximum absolute atomic E-state index is 13.1. The minimum absolute atomic E-state index is 0.177. The molecule has 0 spiro atoms. The van der Waals surface area contributed by atoms with E-state index in [-0.39, 0.29) is 5.91 Å². The molecular formula is C23H19NO3S3. The minimum atomic E-state index is -0.177. The predicted molar refractivity (Wildman–Crippen MR) is 128 cm³/mol. The highest BCUT2D eigenvalue weighted by molar-refractivity contribution is 8.27. The molecule has 3 aromatic rings. The number of ether oxygens (including phenoxy) is 1. The average Bonchev–Trinajstić information content (AvgIpc) is 3.31. The Bertz CT molecular complexity index is 1120. The molecule has 0 aliphatic carbocycles. The summed E-state index contributed by atoms with van der Waals surface area (Å²) in [5.74, 6) is 1.88. The summed E-state index contributed by atoms with van der Waals surface area (Å²) in [6.07, 6.45) is 1.74. The highest BCUT2D eigenvalue weighted by Gasteiger charge is 2.35. The van der Waals surface area contributed by atoms with Crippen molar-refractivity contribution in [2.24, 2.45) is 0 Å². The number of nitrogens with zero attached hydrogens (tertiary/aromatic N) is 1. The van der Waals surface area contributed by atoms with Crippen molar-refractivity contribution >= 4 is 57.7 Å². The SMILES string of the molecule is COc1ccc(C)cc1N1C(=O)/C(=C/c2ccc(SCc3ccccc3)o2)SC1=S. The molecule has 4 nitrogen and oxygen atoms in total. The zero-order valence-corrected chi connectivity index (χ0v) is 18.9. The Morgan fingerprint density at radius 1 is 1.17 bits per heavy atom. The van der Waals surface area contributed by atoms with E-state index in [1.165, 1.54) is 22.2 Å². The van der Waals surface area contributed by atoms with Crippen molar-refractivity contribution < 1.29 is 13.9 Å². The fourth-order valence-electron chi connectivity index (χ4n) is 3.00. The van der Waals surface area contributed by atoms with Gasteiger partial charge in [0.1, 0.15) is 11.5 Å². The monoisotopic (exact) mass is 453 g/mol. The van der Waals surface area contributed by atoms with Crippen LogP contribution in [-0.4, -0.2) is 17.3 Å². The summed E-state index contributed by atoms with van der Waals surface area (Å²) >= 11 is 8.36. The molecule has 7 heteroatoms. The first-order valence-corrected chi connectivity index (χ1v) is 11.5. The van der Waals surface area contributed by atoms with E-state index in [0.29, 0.717) is 26.4 Å². The van der Waals surface area contributed by atoms with E-state index >= 15 is 0 Å². The third-order valence-corrected chi connectivity index (χ3v) is 6.75. The van der Waals surface area contributed by atoms with Crippen LogP contribution in [0.2, 0.25) is 0 Å². The lowest BCUT2D eigenvalue weighted by Gasteiger charge is -2.18. The number of hydrogen-bond acceptors (Lipinski definition) is 6. The third kappa shape index (κ3) is 4.48. The molecule has 1 fully saturated rings. The number of thioether (sulfide) groups is 2. The van der Waals surface area contributed by atoms with E-state index in [4.69, 9.17) is 21.4 Å². The summed E-state index contributed by atoms with van der Waals surface area (Å²) in [5, 5.41) is 0.806. The van der Waals surface area contributed by atoms with Crippen molar-refractivity contribution in [3.05, 3.63) is 82.5 Å². The van der Waals surface area contributed by atoms with Crippen molar-refractivity contribution in [1.82, 2.24) is 0 Å². The van der Waals surface area contributed by atoms with Gasteiger partial charge in [0, 0.05) is 11.8 Å². The highest BCUT2D eigenvalue weighted by atomic mass is 32.2. The topological polar surface area (TPSA) is 42.7 Å². The molecule has 1 aliphatic heterocycles. The zero-order valence-electron chi connectivity index (χ0n) is 16.5. The van der Waals surface area contributed by atoms with Gasteiger partial charge < -0.3 is 9.15 Å². The van der Waals surface area contributed by atoms with Crippen LogP contribution in [0.25, 0.3) is 6.08 Å². The Balaban J connectivity index is 1.52. The molecule has 0 radical (unpaired) electrons. The highest BCUT2D eigenvalue weighted by Crippen LogP contribution is 2.40. The van der Waals surface area contributed by atoms with Gasteiger partial charge in [0.15, 0.2) is 9.41 Å². The molecular weight excluding hydrogens is 434 g/mol. The van der Waals surface area contributed by atoms with Gasteiger partial charge in [-0.3, -0.25) is 9.69 Å². The molecule has 2 heterocycles. The second-order valence-electron chi connectivity index (χ2n) is 6.62. The number of anilines is 1. The Hall–Kier alpha value is -2.48. The van der Waals surface area contributed by atoms with Gasteiger partial charge in [-0.1, -0.05) is 72.1 Å². The number of rotatable bonds is 6. The molecule has 0 saturated carbocycles. The Labute approximate surface area is 189 Å². The largest absolute Gasteiger partial charge is 0.495 e. The van der Waals surface area contributed by atoms with Crippen LogP contribution in [0.1, 0.15) is 16.9 Å². The number of carbonyl (C=O) groups excluding carboxylic acids is 1. The predicted octanol–water partition coefficient (Wildman–Crippen LogP) is 6.29. The molecule has 4 rings (SSSR count). The van der Waals surface area contributed by atoms with Gasteiger partial charge in [0.2, 0.25) is 0 Å². The maximum atomic E-state index is 13.1. The smallest absolute Gasteiger partial charge is 0.271 e. The number of aryl methyl sites for hydroxylation is 1. The molecule has 0 N–H and O–H groups in total. The second kappa shape index (κ2) is 9.12. The lowest BCUT2D eigenvalue weighted by atomic mass is 10.2. The quantitative estimate of drug-likeness (QED) is 0.248. The lowest BCUT2D eigenvalue weighted by molar-refractivity contribution is -0.113. The summed E-state index contributed by atoms with van der Waals surface area (Å²) < 4.78 is 11.8. The fourth-order valence-corrected chi connectivity index (χ4v) is 5.08. The molecule has 0 atom stereocenters. The molecule has 0 unspecified atom stereocenters. The van der Waals surface area contributed by atoms with E-state index < -0.39 is 0 Å². The van der Waals surface area contributed by atoms with Crippen LogP contribution in [-0.2, 0) is 10.5 Å². The van der Waals surface area contributed by atoms with Gasteiger partial charge >= 0.3 is 0 Å². The second-order valence-corrected chi connectivity index (χ2v) is 9.28. The summed E-state index contributed by atoms with van der Waals surface area (Å²) in [6, 6.07) is 19.7. The molecule has 1 amide bonds. The summed E-state index contributed by atoms with van der Waals surface area (Å²) in [6.45, 7) is 1.97. The van der Waals surface area contributed by atoms with Gasteiger partial charge in [-0.25, -0.2) is 0 Å². The van der Waals surface area contributed by atoms with Gasteiger partial charge in [-0.15, -0.1) is 0 Å². The van der Waals surface area contributed by atoms with Crippen LogP contribution in [0.4, 0.5) is 5.69 Å². The van der Waals surface area contributed by atoms with E-state index in [1.807, 2.05) is 55.5 Å². The van der Waals surface area contributed by atoms with E-state index in [1.54, 1.807) is 24.9 Å². The number of thiocarbonyl (C=S) groups is 1. The molecule has 1 aromatic heterocycles. The number of benzene rings is 2. The summed E-state index contributed by atoms with van der Waals surface area (Å²) in [5.41, 5.74) is 2.91. The summed E-state index contributed by atoms with van der Waals surface area (Å²) in [4.78, 5) is 15.1. The fraction of sp³-hybridized carbons (Fsp3) is 0.130. The van der Waals surface area contributed by atoms with Crippen molar-refractivity contribution in [3.8, 4) is 5.75 Å². The van der Waals surface area contributed by atoms with Crippen molar-refractivity contribution in [3.63, 3.8) is 0 Å². The van der Waals surface area contributed by atoms with E-state index in [2.05, 4.69) is 12.1 Å². The van der Waals surface area contributed by atoms with Crippen LogP contribution >= 0.6 is 35.7 Å². The summed E-state index contributed by atoms with van der Waals surface area (Å²) in [7, 11) is 1.58. The van der Waals surface area contributed by atoms with E-state index in [0.717, 1.165) is 16.4 Å². The molecule has 0 bridgehead atoms. The van der Waals surface area contributed by atoms with Gasteiger partial charge in [0.25, 0.3) is 5.91 Å². The first-order chi connectivity index (χ1) is 14.5. The van der Waals surface area contributed by atoms with Crippen molar-refractivity contribution in [1.29, 1.82) is 0 Å². The Morgan fingerprint density at radius 3 is 2.73 bits per heavy atom. The number of amides is 1. The third-order valence-electron chi connectivity index (χ3n) is 4.47. The van der Waals surface area contributed by atoms with Crippen LogP contribution in [0, 0.1) is 6.92 Å². The average molecular weight is 454 g/mol. The van der Waals surface area contributed by atoms with Gasteiger partial charge in [-0.2, -0.15) is 0 Å². The number of carbonyl (C=O) groups is 1. The molecule has 30 heavy (non-hydrogen) atoms. The van der Waals surface area contributed by atoms with Crippen LogP contribution in [0.15, 0.2) is 75.1 Å². The van der Waals surface area contributed by atoms with Gasteiger partial charge in [0.05, 0.1) is 17.7 Å². The van der Waals surface area contributed by atoms with Crippen molar-refractivity contribution in [2.75, 3.05) is 12.0 Å². The van der Waals surface area contributed by atoms with Crippen LogP contribution < -0.4 is 9.64 Å². The molecule has 1 saturated heterocycles.